The Morgan fingerprint density at radius 1 is 0.731 bits per heavy atom. The summed E-state index contributed by atoms with van der Waals surface area (Å²) in [5.41, 5.74) is 5.33. The predicted molar refractivity (Wildman–Crippen MR) is 121 cm³/mol. The molecule has 0 spiro atoms. The maximum Gasteiger partial charge on any atom is 0.0201 e. The van der Waals surface area contributed by atoms with Gasteiger partial charge in [0.1, 0.15) is 0 Å². The van der Waals surface area contributed by atoms with Crippen LogP contribution in [0.5, 0.6) is 0 Å². The third-order valence-electron chi connectivity index (χ3n) is 4.38. The second-order valence-corrected chi connectivity index (χ2v) is 10.4. The fourth-order valence-electron chi connectivity index (χ4n) is 2.84. The molecule has 0 aliphatic rings. The van der Waals surface area contributed by atoms with Crippen molar-refractivity contribution in [3.8, 4) is 11.1 Å². The van der Waals surface area contributed by atoms with Crippen molar-refractivity contribution in [1.29, 1.82) is 0 Å². The monoisotopic (exact) mass is 488 g/mol. The Kier molecular flexibility index (Phi) is 6.01. The topological polar surface area (TPSA) is 0 Å². The molecule has 0 heterocycles. The van der Waals surface area contributed by atoms with Crippen LogP contribution >= 0.6 is 43.6 Å². The number of halogens is 2. The Labute approximate surface area is 177 Å². The molecular formula is C23H22Br2S. The summed E-state index contributed by atoms with van der Waals surface area (Å²) in [6, 6.07) is 21.9. The fourth-order valence-corrected chi connectivity index (χ4v) is 4.50. The van der Waals surface area contributed by atoms with E-state index in [1.54, 1.807) is 0 Å². The first-order chi connectivity index (χ1) is 12.2. The molecule has 0 amide bonds. The Hall–Kier alpha value is -1.03. The maximum atomic E-state index is 3.63. The summed E-state index contributed by atoms with van der Waals surface area (Å²) in [5.74, 6) is 0. The molecule has 0 fully saturated rings. The quantitative estimate of drug-likeness (QED) is 0.354. The zero-order chi connectivity index (χ0) is 18.9. The van der Waals surface area contributed by atoms with Gasteiger partial charge in [-0.05, 0) is 77.1 Å². The van der Waals surface area contributed by atoms with Gasteiger partial charge < -0.3 is 0 Å². The number of benzene rings is 3. The van der Waals surface area contributed by atoms with Crippen LogP contribution in [0.25, 0.3) is 11.1 Å². The van der Waals surface area contributed by atoms with E-state index in [9.17, 15) is 0 Å². The van der Waals surface area contributed by atoms with Crippen molar-refractivity contribution in [2.75, 3.05) is 0 Å². The van der Waals surface area contributed by atoms with Crippen LogP contribution in [0.3, 0.4) is 0 Å². The maximum absolute atomic E-state index is 3.63. The summed E-state index contributed by atoms with van der Waals surface area (Å²) in [7, 11) is 0. The van der Waals surface area contributed by atoms with E-state index in [0.29, 0.717) is 0 Å². The van der Waals surface area contributed by atoms with Gasteiger partial charge in [-0.15, -0.1) is 0 Å². The van der Waals surface area contributed by atoms with Crippen LogP contribution in [-0.4, -0.2) is 0 Å². The number of hydrogen-bond acceptors (Lipinski definition) is 1. The van der Waals surface area contributed by atoms with Crippen molar-refractivity contribution in [2.45, 2.75) is 42.9 Å². The van der Waals surface area contributed by atoms with Crippen LogP contribution < -0.4 is 0 Å². The van der Waals surface area contributed by atoms with Gasteiger partial charge in [0.05, 0.1) is 0 Å². The molecule has 26 heavy (non-hydrogen) atoms. The van der Waals surface area contributed by atoms with E-state index in [0.717, 1.165) is 8.95 Å². The minimum atomic E-state index is 0.180. The summed E-state index contributed by atoms with van der Waals surface area (Å²) in [5, 5.41) is 0. The molecule has 134 valence electrons. The number of hydrogen-bond donors (Lipinski definition) is 0. The van der Waals surface area contributed by atoms with Crippen LogP contribution in [-0.2, 0) is 5.41 Å². The zero-order valence-corrected chi connectivity index (χ0v) is 19.4. The van der Waals surface area contributed by atoms with E-state index < -0.39 is 0 Å². The molecular weight excluding hydrogens is 468 g/mol. The van der Waals surface area contributed by atoms with Gasteiger partial charge in [0, 0.05) is 18.7 Å². The van der Waals surface area contributed by atoms with Crippen LogP contribution in [0.2, 0.25) is 0 Å². The molecule has 3 rings (SSSR count). The lowest BCUT2D eigenvalue weighted by molar-refractivity contribution is 0.590. The second-order valence-electron chi connectivity index (χ2n) is 7.48. The van der Waals surface area contributed by atoms with Gasteiger partial charge in [-0.2, -0.15) is 0 Å². The van der Waals surface area contributed by atoms with Gasteiger partial charge in [-0.3, -0.25) is 0 Å². The third-order valence-corrected chi connectivity index (χ3v) is 6.45. The van der Waals surface area contributed by atoms with E-state index in [-0.39, 0.29) is 5.41 Å². The average molecular weight is 490 g/mol. The van der Waals surface area contributed by atoms with Crippen molar-refractivity contribution in [3.05, 3.63) is 80.7 Å². The van der Waals surface area contributed by atoms with Crippen molar-refractivity contribution in [1.82, 2.24) is 0 Å². The molecule has 0 aliphatic carbocycles. The minimum Gasteiger partial charge on any atom is -0.0894 e. The van der Waals surface area contributed by atoms with Gasteiger partial charge in [-0.25, -0.2) is 0 Å². The van der Waals surface area contributed by atoms with E-state index in [2.05, 4.69) is 120 Å². The van der Waals surface area contributed by atoms with Crippen molar-refractivity contribution >= 4 is 43.6 Å². The highest BCUT2D eigenvalue weighted by molar-refractivity contribution is 9.10. The lowest BCUT2D eigenvalue weighted by Gasteiger charge is -2.19. The van der Waals surface area contributed by atoms with Gasteiger partial charge in [0.25, 0.3) is 0 Å². The first kappa shape index (κ1) is 19.7. The molecule has 0 bridgehead atoms. The molecule has 0 atom stereocenters. The first-order valence-corrected chi connectivity index (χ1v) is 11.0. The van der Waals surface area contributed by atoms with Crippen molar-refractivity contribution in [2.24, 2.45) is 0 Å². The molecule has 0 aliphatic heterocycles. The molecule has 0 N–H and O–H groups in total. The first-order valence-electron chi connectivity index (χ1n) is 8.58. The van der Waals surface area contributed by atoms with Gasteiger partial charge >= 0.3 is 0 Å². The smallest absolute Gasteiger partial charge is 0.0201 e. The normalized spacial score (nSPS) is 11.6. The number of rotatable bonds is 3. The molecule has 3 heteroatoms. The van der Waals surface area contributed by atoms with Gasteiger partial charge in [0.15, 0.2) is 0 Å². The standard InChI is InChI=1S/C23H22Br2S/c1-15-5-8-17(24)13-20(15)21-14-18(25)9-12-22(21)26-19-10-6-16(7-11-19)23(2,3)4/h5-14H,1-4H3. The molecule has 0 saturated carbocycles. The van der Waals surface area contributed by atoms with Crippen LogP contribution in [0.15, 0.2) is 79.4 Å². The Morgan fingerprint density at radius 3 is 1.92 bits per heavy atom. The van der Waals surface area contributed by atoms with Gasteiger partial charge in [-0.1, -0.05) is 82.6 Å². The minimum absolute atomic E-state index is 0.180. The van der Waals surface area contributed by atoms with E-state index >= 15 is 0 Å². The summed E-state index contributed by atoms with van der Waals surface area (Å²) in [4.78, 5) is 2.52. The molecule has 0 nitrogen and oxygen atoms in total. The highest BCUT2D eigenvalue weighted by Gasteiger charge is 2.14. The highest BCUT2D eigenvalue weighted by atomic mass is 79.9. The average Bonchev–Trinajstić information content (AvgIpc) is 2.58. The molecule has 0 radical (unpaired) electrons. The lowest BCUT2D eigenvalue weighted by Crippen LogP contribution is -2.10. The Morgan fingerprint density at radius 2 is 1.31 bits per heavy atom. The summed E-state index contributed by atoms with van der Waals surface area (Å²) < 4.78 is 2.20. The van der Waals surface area contributed by atoms with Crippen molar-refractivity contribution < 1.29 is 0 Å². The fraction of sp³-hybridized carbons (Fsp3) is 0.217. The second kappa shape index (κ2) is 7.92. The van der Waals surface area contributed by atoms with E-state index in [4.69, 9.17) is 0 Å². The van der Waals surface area contributed by atoms with Crippen LogP contribution in [0, 0.1) is 6.92 Å². The number of aryl methyl sites for hydroxylation is 1. The largest absolute Gasteiger partial charge is 0.0894 e. The van der Waals surface area contributed by atoms with Crippen molar-refractivity contribution in [3.63, 3.8) is 0 Å². The van der Waals surface area contributed by atoms with E-state index in [1.807, 2.05) is 11.8 Å². The predicted octanol–water partition coefficient (Wildman–Crippen LogP) is 8.64. The van der Waals surface area contributed by atoms with Crippen LogP contribution in [0.1, 0.15) is 31.9 Å². The lowest BCUT2D eigenvalue weighted by atomic mass is 9.87. The molecule has 0 aromatic heterocycles. The summed E-state index contributed by atoms with van der Waals surface area (Å²) in [6.45, 7) is 8.91. The highest BCUT2D eigenvalue weighted by Crippen LogP contribution is 2.40. The van der Waals surface area contributed by atoms with Crippen LogP contribution in [0.4, 0.5) is 0 Å². The Balaban J connectivity index is 2.00. The summed E-state index contributed by atoms with van der Waals surface area (Å²) >= 11 is 9.06. The molecule has 0 saturated heterocycles. The Bertz CT molecular complexity index is 922. The van der Waals surface area contributed by atoms with Gasteiger partial charge in [0.2, 0.25) is 0 Å². The van der Waals surface area contributed by atoms with E-state index in [1.165, 1.54) is 32.0 Å². The molecule has 3 aromatic rings. The zero-order valence-electron chi connectivity index (χ0n) is 15.4. The third kappa shape index (κ3) is 4.62. The molecule has 3 aromatic carbocycles. The summed E-state index contributed by atoms with van der Waals surface area (Å²) in [6.07, 6.45) is 0. The molecule has 0 unspecified atom stereocenters. The SMILES string of the molecule is Cc1ccc(Br)cc1-c1cc(Br)ccc1Sc1ccc(C(C)(C)C)cc1.